The average Bonchev–Trinajstić information content (AvgIpc) is 3.83. The first-order valence-electron chi connectivity index (χ1n) is 18.9. The van der Waals surface area contributed by atoms with Crippen LogP contribution in [0.15, 0.2) is 204 Å². The van der Waals surface area contributed by atoms with Crippen LogP contribution in [0.5, 0.6) is 0 Å². The van der Waals surface area contributed by atoms with E-state index in [0.717, 1.165) is 44.9 Å². The van der Waals surface area contributed by atoms with E-state index in [1.807, 2.05) is 11.3 Å². The summed E-state index contributed by atoms with van der Waals surface area (Å²) in [4.78, 5) is 10.6. The molecule has 0 amide bonds. The summed E-state index contributed by atoms with van der Waals surface area (Å²) < 4.78 is 4.87. The molecular formula is C51H34N4S. The number of amidine groups is 2. The Balaban J connectivity index is 1.02. The number of nitrogens with one attached hydrogen (secondary N) is 1. The van der Waals surface area contributed by atoms with E-state index in [-0.39, 0.29) is 6.17 Å². The first kappa shape index (κ1) is 32.4. The lowest BCUT2D eigenvalue weighted by atomic mass is 9.98. The van der Waals surface area contributed by atoms with Crippen LogP contribution in [0, 0.1) is 0 Å². The summed E-state index contributed by atoms with van der Waals surface area (Å²) in [6, 6.07) is 69.1. The van der Waals surface area contributed by atoms with Gasteiger partial charge in [0.25, 0.3) is 0 Å². The Hall–Kier alpha value is -7.08. The van der Waals surface area contributed by atoms with Crippen LogP contribution in [0.3, 0.4) is 0 Å². The third-order valence-electron chi connectivity index (χ3n) is 10.9. The lowest BCUT2D eigenvalue weighted by Gasteiger charge is -2.25. The number of hydrogen-bond donors (Lipinski definition) is 1. The number of thiophene rings is 1. The lowest BCUT2D eigenvalue weighted by Crippen LogP contribution is -2.34. The van der Waals surface area contributed by atoms with Crippen molar-refractivity contribution in [1.82, 2.24) is 9.88 Å². The number of benzene rings is 8. The van der Waals surface area contributed by atoms with Crippen molar-refractivity contribution in [1.29, 1.82) is 0 Å². The van der Waals surface area contributed by atoms with E-state index in [4.69, 9.17) is 9.98 Å². The van der Waals surface area contributed by atoms with Crippen LogP contribution in [0.2, 0.25) is 0 Å². The zero-order valence-corrected chi connectivity index (χ0v) is 31.1. The first-order valence-corrected chi connectivity index (χ1v) is 19.8. The van der Waals surface area contributed by atoms with Gasteiger partial charge in [0.05, 0.1) is 11.0 Å². The molecule has 56 heavy (non-hydrogen) atoms. The van der Waals surface area contributed by atoms with Gasteiger partial charge in [0.2, 0.25) is 0 Å². The van der Waals surface area contributed by atoms with Crippen LogP contribution < -0.4 is 5.32 Å². The van der Waals surface area contributed by atoms with E-state index in [1.165, 1.54) is 47.5 Å². The van der Waals surface area contributed by atoms with Gasteiger partial charge in [-0.1, -0.05) is 158 Å². The van der Waals surface area contributed by atoms with Gasteiger partial charge in [-0.15, -0.1) is 11.3 Å². The van der Waals surface area contributed by atoms with Crippen molar-refractivity contribution in [2.45, 2.75) is 6.17 Å². The summed E-state index contributed by atoms with van der Waals surface area (Å²) in [6.07, 6.45) is -0.331. The fraction of sp³-hybridized carbons (Fsp3) is 0.0196. The van der Waals surface area contributed by atoms with Gasteiger partial charge in [-0.05, 0) is 58.7 Å². The van der Waals surface area contributed by atoms with E-state index in [1.54, 1.807) is 0 Å². The maximum atomic E-state index is 5.35. The molecule has 4 nitrogen and oxygen atoms in total. The summed E-state index contributed by atoms with van der Waals surface area (Å²) >= 11 is 1.83. The smallest absolute Gasteiger partial charge is 0.159 e. The van der Waals surface area contributed by atoms with Gasteiger partial charge in [-0.25, -0.2) is 9.98 Å². The van der Waals surface area contributed by atoms with Crippen LogP contribution in [-0.2, 0) is 0 Å². The van der Waals surface area contributed by atoms with Gasteiger partial charge in [-0.3, -0.25) is 0 Å². The number of aliphatic imine (C=N–C) groups is 2. The highest BCUT2D eigenvalue weighted by atomic mass is 32.1. The second-order valence-electron chi connectivity index (χ2n) is 14.2. The van der Waals surface area contributed by atoms with Crippen molar-refractivity contribution >= 4 is 65.0 Å². The predicted octanol–water partition coefficient (Wildman–Crippen LogP) is 13.0. The SMILES string of the molecule is c1ccc(-c2ccccc2C2=NC(c3ccc(-c4ccc5c(c4)c4ccccc4n5-c4ccccc4)cc3)=NC(c3cccc4c3sc3ccccc34)N2)cc1. The van der Waals surface area contributed by atoms with Gasteiger partial charge in [0.1, 0.15) is 12.0 Å². The number of hydrogen-bond acceptors (Lipinski definition) is 4. The molecule has 5 heteroatoms. The summed E-state index contributed by atoms with van der Waals surface area (Å²) in [7, 11) is 0. The minimum Gasteiger partial charge on any atom is -0.344 e. The molecule has 0 radical (unpaired) electrons. The Morgan fingerprint density at radius 3 is 1.95 bits per heavy atom. The van der Waals surface area contributed by atoms with E-state index < -0.39 is 0 Å². The molecule has 0 saturated heterocycles. The molecule has 0 fully saturated rings. The van der Waals surface area contributed by atoms with E-state index in [0.29, 0.717) is 5.84 Å². The van der Waals surface area contributed by atoms with Crippen molar-refractivity contribution in [3.8, 4) is 27.9 Å². The molecule has 1 aliphatic heterocycles. The lowest BCUT2D eigenvalue weighted by molar-refractivity contribution is 0.680. The van der Waals surface area contributed by atoms with E-state index in [9.17, 15) is 0 Å². The second kappa shape index (κ2) is 13.3. The van der Waals surface area contributed by atoms with Gasteiger partial charge in [-0.2, -0.15) is 0 Å². The number of rotatable bonds is 6. The third kappa shape index (κ3) is 5.44. The fourth-order valence-corrected chi connectivity index (χ4v) is 9.48. The van der Waals surface area contributed by atoms with Gasteiger partial charge in [0.15, 0.2) is 5.84 Å². The van der Waals surface area contributed by atoms with Gasteiger partial charge < -0.3 is 9.88 Å². The monoisotopic (exact) mass is 734 g/mol. The van der Waals surface area contributed by atoms with Crippen molar-refractivity contribution in [2.75, 3.05) is 0 Å². The molecule has 1 aliphatic rings. The molecule has 0 aliphatic carbocycles. The molecule has 3 heterocycles. The Kier molecular flexibility index (Phi) is 7.71. The quantitative estimate of drug-likeness (QED) is 0.182. The molecule has 1 N–H and O–H groups in total. The Morgan fingerprint density at radius 1 is 0.464 bits per heavy atom. The van der Waals surface area contributed by atoms with Crippen LogP contribution in [0.4, 0.5) is 0 Å². The molecule has 264 valence electrons. The summed E-state index contributed by atoms with van der Waals surface area (Å²) in [5.41, 5.74) is 11.3. The van der Waals surface area contributed by atoms with Crippen molar-refractivity contribution in [2.24, 2.45) is 9.98 Å². The molecule has 0 saturated carbocycles. The fourth-order valence-electron chi connectivity index (χ4n) is 8.24. The molecule has 1 unspecified atom stereocenters. The van der Waals surface area contributed by atoms with Crippen molar-refractivity contribution in [3.63, 3.8) is 0 Å². The Labute approximate surface area is 328 Å². The average molecular weight is 735 g/mol. The maximum Gasteiger partial charge on any atom is 0.159 e. The molecule has 10 aromatic rings. The van der Waals surface area contributed by atoms with Crippen LogP contribution in [-0.4, -0.2) is 16.2 Å². The minimum atomic E-state index is -0.331. The highest BCUT2D eigenvalue weighted by Gasteiger charge is 2.25. The van der Waals surface area contributed by atoms with E-state index >= 15 is 0 Å². The van der Waals surface area contributed by atoms with Crippen molar-refractivity contribution < 1.29 is 0 Å². The molecule has 1 atom stereocenters. The minimum absolute atomic E-state index is 0.331. The number of aromatic nitrogens is 1. The highest BCUT2D eigenvalue weighted by molar-refractivity contribution is 7.26. The zero-order chi connectivity index (χ0) is 37.0. The molecule has 0 bridgehead atoms. The summed E-state index contributed by atoms with van der Waals surface area (Å²) in [5.74, 6) is 1.51. The number of fused-ring (bicyclic) bond motifs is 6. The summed E-state index contributed by atoms with van der Waals surface area (Å²) in [6.45, 7) is 0. The maximum absolute atomic E-state index is 5.35. The standard InChI is InChI=1S/C51H34N4S/c1-3-14-34(15-4-1)38-18-7-8-21-42(38)50-52-49(53-51(54-50)43-23-13-22-41-40-20-10-12-25-47(40)56-48(41)43)35-28-26-33(27-29-35)36-30-31-46-44(32-36)39-19-9-11-24-45(39)55(46)37-16-5-2-6-17-37/h1-32,51H,(H,52,53,54). The number of nitrogens with zero attached hydrogens (tertiary/aromatic N) is 3. The topological polar surface area (TPSA) is 41.7 Å². The zero-order valence-electron chi connectivity index (χ0n) is 30.3. The first-order chi connectivity index (χ1) is 27.8. The molecular weight excluding hydrogens is 701 g/mol. The van der Waals surface area contributed by atoms with Gasteiger partial charge >= 0.3 is 0 Å². The van der Waals surface area contributed by atoms with Crippen LogP contribution in [0.1, 0.15) is 22.9 Å². The Bertz CT molecular complexity index is 3150. The highest BCUT2D eigenvalue weighted by Crippen LogP contribution is 2.40. The van der Waals surface area contributed by atoms with E-state index in [2.05, 4.69) is 204 Å². The Morgan fingerprint density at radius 2 is 1.11 bits per heavy atom. The molecule has 11 rings (SSSR count). The summed E-state index contributed by atoms with van der Waals surface area (Å²) in [5, 5.41) is 8.79. The predicted molar refractivity (Wildman–Crippen MR) is 236 cm³/mol. The van der Waals surface area contributed by atoms with Gasteiger partial charge in [0, 0.05) is 53.3 Å². The largest absolute Gasteiger partial charge is 0.344 e. The van der Waals surface area contributed by atoms with Crippen LogP contribution in [0.25, 0.3) is 69.9 Å². The molecule has 2 aromatic heterocycles. The normalized spacial score (nSPS) is 14.2. The van der Waals surface area contributed by atoms with Crippen LogP contribution >= 0.6 is 11.3 Å². The molecule has 0 spiro atoms. The molecule has 8 aromatic carbocycles. The third-order valence-corrected chi connectivity index (χ3v) is 12.1. The number of para-hydroxylation sites is 2. The van der Waals surface area contributed by atoms with Crippen molar-refractivity contribution in [3.05, 3.63) is 211 Å². The second-order valence-corrected chi connectivity index (χ2v) is 15.2.